The first kappa shape index (κ1) is 11.3. The molecule has 0 spiro atoms. The van der Waals surface area contributed by atoms with Crippen LogP contribution < -0.4 is 10.3 Å². The molecule has 0 saturated carbocycles. The molecule has 0 atom stereocenters. The number of hydrogen-bond donors (Lipinski definition) is 0. The highest BCUT2D eigenvalue weighted by Crippen LogP contribution is 2.39. The largest absolute Gasteiger partial charge is 0.483 e. The first-order chi connectivity index (χ1) is 9.77. The number of para-hydroxylation sites is 1. The van der Waals surface area contributed by atoms with Crippen molar-refractivity contribution in [2.45, 2.75) is 6.61 Å². The van der Waals surface area contributed by atoms with Crippen LogP contribution in [0.4, 0.5) is 0 Å². The molecule has 0 saturated heterocycles. The first-order valence-electron chi connectivity index (χ1n) is 6.60. The number of nitrogens with zero attached hydrogens (tertiary/aromatic N) is 1. The van der Waals surface area contributed by atoms with Gasteiger partial charge in [-0.25, -0.2) is 0 Å². The van der Waals surface area contributed by atoms with E-state index in [9.17, 15) is 4.79 Å². The van der Waals surface area contributed by atoms with Crippen molar-refractivity contribution in [3.8, 4) is 16.9 Å². The minimum Gasteiger partial charge on any atom is -0.483 e. The van der Waals surface area contributed by atoms with E-state index in [0.29, 0.717) is 12.4 Å². The lowest BCUT2D eigenvalue weighted by molar-refractivity contribution is 0.297. The normalized spacial score (nSPS) is 12.7. The molecule has 0 bridgehead atoms. The van der Waals surface area contributed by atoms with Gasteiger partial charge < -0.3 is 9.30 Å². The smallest absolute Gasteiger partial charge is 0.293 e. The van der Waals surface area contributed by atoms with Gasteiger partial charge in [-0.15, -0.1) is 0 Å². The summed E-state index contributed by atoms with van der Waals surface area (Å²) < 4.78 is 7.39. The van der Waals surface area contributed by atoms with Crippen molar-refractivity contribution in [1.29, 1.82) is 0 Å². The maximum absolute atomic E-state index is 12.5. The molecule has 98 valence electrons. The third-order valence-electron chi connectivity index (χ3n) is 3.92. The molecular formula is C17H13NO2. The SMILES string of the molecule is Cn1c(=O)c2c(c3ccccc31)-c1ccccc1CO2. The van der Waals surface area contributed by atoms with E-state index >= 15 is 0 Å². The summed E-state index contributed by atoms with van der Waals surface area (Å²) in [5, 5.41) is 1.05. The van der Waals surface area contributed by atoms with Crippen LogP contribution >= 0.6 is 0 Å². The number of fused-ring (bicyclic) bond motifs is 5. The summed E-state index contributed by atoms with van der Waals surface area (Å²) >= 11 is 0. The van der Waals surface area contributed by atoms with Crippen LogP contribution in [0, 0.1) is 0 Å². The maximum atomic E-state index is 12.5. The summed E-state index contributed by atoms with van der Waals surface area (Å²) in [6.07, 6.45) is 0. The zero-order chi connectivity index (χ0) is 13.7. The van der Waals surface area contributed by atoms with E-state index in [1.165, 1.54) is 0 Å². The van der Waals surface area contributed by atoms with E-state index in [4.69, 9.17) is 4.74 Å². The van der Waals surface area contributed by atoms with Crippen LogP contribution in [-0.2, 0) is 13.7 Å². The van der Waals surface area contributed by atoms with Crippen molar-refractivity contribution >= 4 is 10.9 Å². The molecule has 0 unspecified atom stereocenters. The predicted octanol–water partition coefficient (Wildman–Crippen LogP) is 3.10. The van der Waals surface area contributed by atoms with Gasteiger partial charge in [0.1, 0.15) is 6.61 Å². The number of benzene rings is 2. The van der Waals surface area contributed by atoms with Gasteiger partial charge in [-0.2, -0.15) is 0 Å². The van der Waals surface area contributed by atoms with E-state index in [1.54, 1.807) is 11.6 Å². The van der Waals surface area contributed by atoms with Gasteiger partial charge in [0.2, 0.25) is 0 Å². The average molecular weight is 263 g/mol. The van der Waals surface area contributed by atoms with Crippen molar-refractivity contribution in [1.82, 2.24) is 4.57 Å². The fourth-order valence-electron chi connectivity index (χ4n) is 2.91. The van der Waals surface area contributed by atoms with Gasteiger partial charge in [0.05, 0.1) is 5.52 Å². The number of ether oxygens (including phenoxy) is 1. The molecule has 1 aliphatic rings. The van der Waals surface area contributed by atoms with Crippen molar-refractivity contribution in [2.24, 2.45) is 7.05 Å². The van der Waals surface area contributed by atoms with Crippen LogP contribution in [0.15, 0.2) is 53.3 Å². The lowest BCUT2D eigenvalue weighted by Gasteiger charge is -2.22. The Morgan fingerprint density at radius 2 is 1.80 bits per heavy atom. The van der Waals surface area contributed by atoms with E-state index in [0.717, 1.165) is 27.6 Å². The molecule has 2 heterocycles. The predicted molar refractivity (Wildman–Crippen MR) is 79.0 cm³/mol. The Hall–Kier alpha value is -2.55. The maximum Gasteiger partial charge on any atom is 0.293 e. The highest BCUT2D eigenvalue weighted by molar-refractivity contribution is 5.99. The molecule has 20 heavy (non-hydrogen) atoms. The van der Waals surface area contributed by atoms with Crippen molar-refractivity contribution in [3.05, 3.63) is 64.4 Å². The van der Waals surface area contributed by atoms with Crippen molar-refractivity contribution in [3.63, 3.8) is 0 Å². The molecule has 1 aliphatic heterocycles. The summed E-state index contributed by atoms with van der Waals surface area (Å²) in [5.41, 5.74) is 4.00. The van der Waals surface area contributed by atoms with E-state index in [1.807, 2.05) is 42.5 Å². The molecular weight excluding hydrogens is 250 g/mol. The Kier molecular flexibility index (Phi) is 2.24. The molecule has 0 aliphatic carbocycles. The highest BCUT2D eigenvalue weighted by Gasteiger charge is 2.23. The van der Waals surface area contributed by atoms with E-state index < -0.39 is 0 Å². The summed E-state index contributed by atoms with van der Waals surface area (Å²) in [5.74, 6) is 0.463. The number of pyridine rings is 1. The molecule has 3 heteroatoms. The molecule has 1 aromatic heterocycles. The number of rotatable bonds is 0. The van der Waals surface area contributed by atoms with E-state index in [2.05, 4.69) is 6.07 Å². The summed E-state index contributed by atoms with van der Waals surface area (Å²) in [4.78, 5) is 12.5. The number of hydrogen-bond acceptors (Lipinski definition) is 2. The second kappa shape index (κ2) is 3.97. The second-order valence-electron chi connectivity index (χ2n) is 5.03. The molecule has 0 N–H and O–H groups in total. The Balaban J connectivity index is 2.25. The Labute approximate surface area is 116 Å². The van der Waals surface area contributed by atoms with Crippen molar-refractivity contribution in [2.75, 3.05) is 0 Å². The fourth-order valence-corrected chi connectivity index (χ4v) is 2.91. The fraction of sp³-hybridized carbons (Fsp3) is 0.118. The van der Waals surface area contributed by atoms with Gasteiger partial charge in [-0.1, -0.05) is 42.5 Å². The average Bonchev–Trinajstić information content (AvgIpc) is 2.51. The zero-order valence-electron chi connectivity index (χ0n) is 11.1. The molecule has 3 nitrogen and oxygen atoms in total. The molecule has 0 radical (unpaired) electrons. The summed E-state index contributed by atoms with van der Waals surface area (Å²) in [6.45, 7) is 0.455. The Morgan fingerprint density at radius 3 is 2.70 bits per heavy atom. The van der Waals surface area contributed by atoms with Crippen LogP contribution in [0.25, 0.3) is 22.0 Å². The minimum atomic E-state index is -0.0757. The standard InChI is InChI=1S/C17H13NO2/c1-18-14-9-5-4-8-13(14)15-12-7-3-2-6-11(12)10-20-16(15)17(18)19/h2-9H,10H2,1H3. The van der Waals surface area contributed by atoms with Crippen LogP contribution in [0.5, 0.6) is 5.75 Å². The quantitative estimate of drug-likeness (QED) is 0.624. The highest BCUT2D eigenvalue weighted by atomic mass is 16.5. The van der Waals surface area contributed by atoms with Gasteiger partial charge >= 0.3 is 0 Å². The van der Waals surface area contributed by atoms with E-state index in [-0.39, 0.29) is 5.56 Å². The van der Waals surface area contributed by atoms with Crippen LogP contribution in [-0.4, -0.2) is 4.57 Å². The van der Waals surface area contributed by atoms with Crippen LogP contribution in [0.2, 0.25) is 0 Å². The van der Waals surface area contributed by atoms with Gasteiger partial charge in [-0.05, 0) is 17.2 Å². The summed E-state index contributed by atoms with van der Waals surface area (Å²) in [7, 11) is 1.79. The second-order valence-corrected chi connectivity index (χ2v) is 5.03. The topological polar surface area (TPSA) is 31.2 Å². The number of aryl methyl sites for hydroxylation is 1. The molecule has 0 fully saturated rings. The zero-order valence-corrected chi connectivity index (χ0v) is 11.1. The minimum absolute atomic E-state index is 0.0757. The van der Waals surface area contributed by atoms with Crippen molar-refractivity contribution < 1.29 is 4.74 Å². The summed E-state index contributed by atoms with van der Waals surface area (Å²) in [6, 6.07) is 16.0. The monoisotopic (exact) mass is 263 g/mol. The number of aromatic nitrogens is 1. The lowest BCUT2D eigenvalue weighted by Crippen LogP contribution is -2.23. The third-order valence-corrected chi connectivity index (χ3v) is 3.92. The van der Waals surface area contributed by atoms with Gasteiger partial charge in [0.15, 0.2) is 5.75 Å². The molecule has 0 amide bonds. The molecule has 2 aromatic carbocycles. The molecule has 3 aromatic rings. The van der Waals surface area contributed by atoms with Crippen LogP contribution in [0.3, 0.4) is 0 Å². The molecule has 4 rings (SSSR count). The lowest BCUT2D eigenvalue weighted by atomic mass is 9.94. The van der Waals surface area contributed by atoms with Gasteiger partial charge in [-0.3, -0.25) is 4.79 Å². The third kappa shape index (κ3) is 1.37. The van der Waals surface area contributed by atoms with Crippen LogP contribution in [0.1, 0.15) is 5.56 Å². The Morgan fingerprint density at radius 1 is 1.05 bits per heavy atom. The first-order valence-corrected chi connectivity index (χ1v) is 6.60. The van der Waals surface area contributed by atoms with Gasteiger partial charge in [0.25, 0.3) is 5.56 Å². The van der Waals surface area contributed by atoms with Gasteiger partial charge in [0, 0.05) is 18.0 Å². The Bertz CT molecular complexity index is 893.